The van der Waals surface area contributed by atoms with E-state index in [0.29, 0.717) is 13.0 Å². The van der Waals surface area contributed by atoms with Crippen molar-refractivity contribution in [1.29, 1.82) is 0 Å². The zero-order valence-corrected chi connectivity index (χ0v) is 9.89. The molecular weight excluding hydrogens is 200 g/mol. The molecule has 0 saturated carbocycles. The second kappa shape index (κ2) is 6.95. The van der Waals surface area contributed by atoms with E-state index in [0.717, 1.165) is 6.42 Å². The van der Waals surface area contributed by atoms with Crippen molar-refractivity contribution in [3.05, 3.63) is 0 Å². The minimum absolute atomic E-state index is 0.0206. The Balaban J connectivity index is 3.78. The molecular formula is C9H20N2O2S. The first-order valence-corrected chi connectivity index (χ1v) is 6.46. The monoisotopic (exact) mass is 220 g/mol. The first-order valence-electron chi connectivity index (χ1n) is 4.84. The van der Waals surface area contributed by atoms with Crippen LogP contribution in [0.4, 0.5) is 0 Å². The molecule has 0 aromatic heterocycles. The van der Waals surface area contributed by atoms with Gasteiger partial charge in [0.2, 0.25) is 5.91 Å². The summed E-state index contributed by atoms with van der Waals surface area (Å²) in [6, 6.07) is -0.433. The zero-order valence-electron chi connectivity index (χ0n) is 9.08. The summed E-state index contributed by atoms with van der Waals surface area (Å²) in [7, 11) is -0.899. The summed E-state index contributed by atoms with van der Waals surface area (Å²) in [5.74, 6) is -0.149. The number of hydrogen-bond acceptors (Lipinski definition) is 3. The summed E-state index contributed by atoms with van der Waals surface area (Å²) in [6.07, 6.45) is 3.21. The van der Waals surface area contributed by atoms with Crippen molar-refractivity contribution < 1.29 is 9.00 Å². The summed E-state index contributed by atoms with van der Waals surface area (Å²) >= 11 is 0. The third-order valence-corrected chi connectivity index (χ3v) is 3.37. The maximum Gasteiger partial charge on any atom is 0.236 e. The fourth-order valence-electron chi connectivity index (χ4n) is 0.935. The molecule has 0 bridgehead atoms. The molecule has 0 radical (unpaired) electrons. The van der Waals surface area contributed by atoms with Crippen LogP contribution in [0.5, 0.6) is 0 Å². The molecule has 0 aromatic rings. The molecule has 3 atom stereocenters. The molecule has 14 heavy (non-hydrogen) atoms. The van der Waals surface area contributed by atoms with Crippen LogP contribution >= 0.6 is 0 Å². The summed E-state index contributed by atoms with van der Waals surface area (Å²) < 4.78 is 11.0. The smallest absolute Gasteiger partial charge is 0.236 e. The average molecular weight is 220 g/mol. The average Bonchev–Trinajstić information content (AvgIpc) is 2.13. The Hall–Kier alpha value is -0.420. The van der Waals surface area contributed by atoms with Crippen LogP contribution in [0.1, 0.15) is 26.7 Å². The first-order chi connectivity index (χ1) is 6.49. The van der Waals surface area contributed by atoms with Gasteiger partial charge in [0, 0.05) is 28.9 Å². The number of nitrogens with one attached hydrogen (secondary N) is 1. The number of carbonyl (C=O) groups excluding carboxylic acids is 1. The van der Waals surface area contributed by atoms with Crippen LogP contribution in [0.2, 0.25) is 0 Å². The molecule has 0 aromatic carbocycles. The molecule has 0 rings (SSSR count). The van der Waals surface area contributed by atoms with Crippen molar-refractivity contribution >= 4 is 16.7 Å². The van der Waals surface area contributed by atoms with Crippen LogP contribution in [0.3, 0.4) is 0 Å². The van der Waals surface area contributed by atoms with Gasteiger partial charge in [-0.15, -0.1) is 0 Å². The van der Waals surface area contributed by atoms with E-state index in [-0.39, 0.29) is 11.2 Å². The number of carbonyl (C=O) groups is 1. The maximum absolute atomic E-state index is 11.3. The van der Waals surface area contributed by atoms with E-state index < -0.39 is 16.8 Å². The van der Waals surface area contributed by atoms with E-state index in [9.17, 15) is 9.00 Å². The summed E-state index contributed by atoms with van der Waals surface area (Å²) in [5.41, 5.74) is 5.60. The highest BCUT2D eigenvalue weighted by atomic mass is 32.2. The lowest BCUT2D eigenvalue weighted by atomic mass is 10.2. The number of hydrogen-bond donors (Lipinski definition) is 2. The normalized spacial score (nSPS) is 17.1. The van der Waals surface area contributed by atoms with Gasteiger partial charge < -0.3 is 11.1 Å². The number of nitrogens with two attached hydrogens (primary N) is 1. The van der Waals surface area contributed by atoms with Gasteiger partial charge in [-0.05, 0) is 13.3 Å². The Bertz CT molecular complexity index is 209. The van der Waals surface area contributed by atoms with Crippen molar-refractivity contribution in [2.24, 2.45) is 5.73 Å². The molecule has 1 amide bonds. The lowest BCUT2D eigenvalue weighted by Crippen LogP contribution is -2.43. The Kier molecular flexibility index (Phi) is 6.74. The molecule has 0 heterocycles. The number of amides is 1. The van der Waals surface area contributed by atoms with Crippen molar-refractivity contribution in [2.45, 2.75) is 38.0 Å². The second-order valence-electron chi connectivity index (χ2n) is 3.45. The Morgan fingerprint density at radius 2 is 2.14 bits per heavy atom. The molecule has 3 unspecified atom stereocenters. The topological polar surface area (TPSA) is 72.2 Å². The van der Waals surface area contributed by atoms with Crippen LogP contribution in [0.15, 0.2) is 0 Å². The predicted molar refractivity (Wildman–Crippen MR) is 59.4 cm³/mol. The third-order valence-electron chi connectivity index (χ3n) is 2.07. The minimum Gasteiger partial charge on any atom is -0.354 e. The summed E-state index contributed by atoms with van der Waals surface area (Å²) in [5, 5.41) is 2.67. The fourth-order valence-corrected chi connectivity index (χ4v) is 1.25. The van der Waals surface area contributed by atoms with E-state index in [1.807, 2.05) is 13.8 Å². The van der Waals surface area contributed by atoms with Gasteiger partial charge in [-0.1, -0.05) is 13.3 Å². The van der Waals surface area contributed by atoms with Crippen LogP contribution in [0, 0.1) is 0 Å². The standard InChI is InChI=1S/C9H20N2O2S/c1-4-5-8(10)9(12)11-6-7(2)14(3)13/h7-8H,4-6,10H2,1-3H3,(H,11,12). The van der Waals surface area contributed by atoms with E-state index in [1.165, 1.54) is 0 Å². The van der Waals surface area contributed by atoms with E-state index in [2.05, 4.69) is 5.32 Å². The van der Waals surface area contributed by atoms with Crippen molar-refractivity contribution in [3.63, 3.8) is 0 Å². The molecule has 84 valence electrons. The highest BCUT2D eigenvalue weighted by molar-refractivity contribution is 7.84. The van der Waals surface area contributed by atoms with E-state index >= 15 is 0 Å². The fraction of sp³-hybridized carbons (Fsp3) is 0.889. The molecule has 0 aliphatic heterocycles. The molecule has 0 spiro atoms. The quantitative estimate of drug-likeness (QED) is 0.661. The molecule has 0 saturated heterocycles. The predicted octanol–water partition coefficient (Wildman–Crippen LogP) is -0.00300. The molecule has 0 aliphatic carbocycles. The van der Waals surface area contributed by atoms with Crippen molar-refractivity contribution in [1.82, 2.24) is 5.32 Å². The van der Waals surface area contributed by atoms with Gasteiger partial charge in [0.15, 0.2) is 0 Å². The number of rotatable bonds is 6. The first kappa shape index (κ1) is 13.6. The minimum atomic E-state index is -0.899. The van der Waals surface area contributed by atoms with E-state index in [1.54, 1.807) is 6.26 Å². The molecule has 0 fully saturated rings. The SMILES string of the molecule is CCCC(N)C(=O)NCC(C)S(C)=O. The lowest BCUT2D eigenvalue weighted by molar-refractivity contribution is -0.122. The maximum atomic E-state index is 11.3. The van der Waals surface area contributed by atoms with Gasteiger partial charge in [0.25, 0.3) is 0 Å². The zero-order chi connectivity index (χ0) is 11.1. The molecule has 3 N–H and O–H groups in total. The highest BCUT2D eigenvalue weighted by Crippen LogP contribution is 1.94. The molecule has 4 nitrogen and oxygen atoms in total. The van der Waals surface area contributed by atoms with Crippen LogP contribution in [-0.4, -0.2) is 34.2 Å². The second-order valence-corrected chi connectivity index (χ2v) is 5.25. The van der Waals surface area contributed by atoms with Crippen molar-refractivity contribution in [2.75, 3.05) is 12.8 Å². The van der Waals surface area contributed by atoms with Gasteiger partial charge >= 0.3 is 0 Å². The van der Waals surface area contributed by atoms with Gasteiger partial charge in [-0.2, -0.15) is 0 Å². The molecule has 5 heteroatoms. The Morgan fingerprint density at radius 1 is 1.57 bits per heavy atom. The third kappa shape index (κ3) is 5.34. The van der Waals surface area contributed by atoms with Crippen molar-refractivity contribution in [3.8, 4) is 0 Å². The van der Waals surface area contributed by atoms with E-state index in [4.69, 9.17) is 5.73 Å². The van der Waals surface area contributed by atoms with Gasteiger partial charge in [0.05, 0.1) is 6.04 Å². The lowest BCUT2D eigenvalue weighted by Gasteiger charge is -2.13. The summed E-state index contributed by atoms with van der Waals surface area (Å²) in [4.78, 5) is 11.3. The Labute approximate surface area is 88.1 Å². The van der Waals surface area contributed by atoms with Gasteiger partial charge in [-0.25, -0.2) is 0 Å². The van der Waals surface area contributed by atoms with Crippen LogP contribution < -0.4 is 11.1 Å². The largest absolute Gasteiger partial charge is 0.354 e. The Morgan fingerprint density at radius 3 is 2.57 bits per heavy atom. The van der Waals surface area contributed by atoms with Gasteiger partial charge in [0.1, 0.15) is 0 Å². The van der Waals surface area contributed by atoms with Crippen LogP contribution in [-0.2, 0) is 15.6 Å². The molecule has 0 aliphatic rings. The summed E-state index contributed by atoms with van der Waals surface area (Å²) in [6.45, 7) is 4.25. The highest BCUT2D eigenvalue weighted by Gasteiger charge is 2.13. The van der Waals surface area contributed by atoms with Crippen LogP contribution in [0.25, 0.3) is 0 Å². The van der Waals surface area contributed by atoms with Gasteiger partial charge in [-0.3, -0.25) is 9.00 Å².